The highest BCUT2D eigenvalue weighted by Gasteiger charge is 2.28. The molecule has 3 heteroatoms. The Balaban J connectivity index is 2.77. The summed E-state index contributed by atoms with van der Waals surface area (Å²) in [6.07, 6.45) is 4.20. The van der Waals surface area contributed by atoms with Gasteiger partial charge >= 0.3 is 0 Å². The molecule has 0 atom stereocenters. The maximum absolute atomic E-state index is 12.3. The lowest BCUT2D eigenvalue weighted by Crippen LogP contribution is -2.15. The van der Waals surface area contributed by atoms with Crippen molar-refractivity contribution in [2.24, 2.45) is 0 Å². The number of carbonyl (C=O) groups excluding carboxylic acids is 1. The summed E-state index contributed by atoms with van der Waals surface area (Å²) in [5.41, 5.74) is 0.0208. The van der Waals surface area contributed by atoms with Crippen LogP contribution < -0.4 is 0 Å². The number of allylic oxidation sites excluding steroid dienone is 4. The Hall–Kier alpha value is -0.990. The van der Waals surface area contributed by atoms with E-state index >= 15 is 0 Å². The van der Waals surface area contributed by atoms with Gasteiger partial charge in [0.15, 0.2) is 0 Å². The van der Waals surface area contributed by atoms with E-state index < -0.39 is 12.3 Å². The Labute approximate surface area is 57.0 Å². The van der Waals surface area contributed by atoms with Gasteiger partial charge in [0.1, 0.15) is 0 Å². The number of alkyl halides is 2. The Kier molecular flexibility index (Phi) is 1.66. The van der Waals surface area contributed by atoms with Gasteiger partial charge in [0.2, 0.25) is 6.29 Å². The molecule has 1 aliphatic carbocycles. The molecule has 0 amide bonds. The monoisotopic (exact) mass is 143 g/mol. The molecule has 1 radical (unpaired) electrons. The van der Waals surface area contributed by atoms with E-state index in [1.54, 1.807) is 0 Å². The number of rotatable bonds is 1. The minimum atomic E-state index is -2.86. The van der Waals surface area contributed by atoms with E-state index in [0.717, 1.165) is 6.08 Å². The van der Waals surface area contributed by atoms with E-state index in [-0.39, 0.29) is 5.57 Å². The fourth-order valence-corrected chi connectivity index (χ4v) is 0.747. The van der Waals surface area contributed by atoms with E-state index in [1.807, 2.05) is 0 Å². The molecule has 53 valence electrons. The van der Waals surface area contributed by atoms with Gasteiger partial charge in [0, 0.05) is 12.0 Å². The predicted octanol–water partition coefficient (Wildman–Crippen LogP) is 1.62. The first kappa shape index (κ1) is 7.12. The molecule has 0 unspecified atom stereocenters. The average molecular weight is 143 g/mol. The fourth-order valence-electron chi connectivity index (χ4n) is 0.747. The van der Waals surface area contributed by atoms with Crippen molar-refractivity contribution in [3.63, 3.8) is 0 Å². The molecule has 0 aliphatic heterocycles. The molecule has 0 bridgehead atoms. The summed E-state index contributed by atoms with van der Waals surface area (Å²) in [7, 11) is 0. The summed E-state index contributed by atoms with van der Waals surface area (Å²) in [5, 5.41) is 0. The summed E-state index contributed by atoms with van der Waals surface area (Å²) >= 11 is 0. The van der Waals surface area contributed by atoms with Crippen molar-refractivity contribution in [2.45, 2.75) is 12.3 Å². The van der Waals surface area contributed by atoms with Crippen molar-refractivity contribution in [2.75, 3.05) is 0 Å². The molecule has 0 saturated heterocycles. The quantitative estimate of drug-likeness (QED) is 0.545. The average Bonchev–Trinajstić information content (AvgIpc) is 1.86. The van der Waals surface area contributed by atoms with Crippen LogP contribution in [0.2, 0.25) is 0 Å². The van der Waals surface area contributed by atoms with Crippen molar-refractivity contribution in [1.29, 1.82) is 0 Å². The predicted molar refractivity (Wildman–Crippen MR) is 32.5 cm³/mol. The van der Waals surface area contributed by atoms with Gasteiger partial charge in [-0.15, -0.1) is 0 Å². The van der Waals surface area contributed by atoms with Gasteiger partial charge in [-0.3, -0.25) is 4.79 Å². The molecule has 0 N–H and O–H groups in total. The Morgan fingerprint density at radius 3 is 2.70 bits per heavy atom. The molecule has 1 nitrogen and oxygen atoms in total. The van der Waals surface area contributed by atoms with Gasteiger partial charge in [-0.25, -0.2) is 8.78 Å². The Morgan fingerprint density at radius 2 is 2.30 bits per heavy atom. The first-order valence-electron chi connectivity index (χ1n) is 2.78. The van der Waals surface area contributed by atoms with Crippen LogP contribution in [0.25, 0.3) is 0 Å². The van der Waals surface area contributed by atoms with Crippen LogP contribution in [0.1, 0.15) is 6.42 Å². The van der Waals surface area contributed by atoms with Crippen LogP contribution in [0.5, 0.6) is 0 Å². The molecular formula is C7H5F2O. The third-order valence-electron chi connectivity index (χ3n) is 1.19. The largest absolute Gasteiger partial charge is 0.285 e. The molecule has 1 aliphatic rings. The second-order valence-electron chi connectivity index (χ2n) is 2.09. The lowest BCUT2D eigenvalue weighted by Gasteiger charge is -2.13. The van der Waals surface area contributed by atoms with E-state index in [0.29, 0.717) is 0 Å². The molecule has 0 heterocycles. The number of hydrogen-bond donors (Lipinski definition) is 0. The second kappa shape index (κ2) is 2.33. The fraction of sp³-hybridized carbons (Fsp3) is 0.286. The maximum atomic E-state index is 12.3. The van der Waals surface area contributed by atoms with E-state index in [4.69, 9.17) is 0 Å². The van der Waals surface area contributed by atoms with Crippen LogP contribution >= 0.6 is 0 Å². The third kappa shape index (κ3) is 1.50. The van der Waals surface area contributed by atoms with Crippen LogP contribution in [0.15, 0.2) is 23.8 Å². The van der Waals surface area contributed by atoms with Crippen LogP contribution in [0.3, 0.4) is 0 Å². The zero-order valence-electron chi connectivity index (χ0n) is 5.10. The zero-order chi connectivity index (χ0) is 7.61. The standard InChI is InChI=1S/C7H5F2O/c8-7(9)3-1-2-6(4-7)5-10/h1-3H,4H2. The van der Waals surface area contributed by atoms with Crippen molar-refractivity contribution in [3.8, 4) is 0 Å². The molecule has 0 aromatic carbocycles. The molecule has 0 saturated carbocycles. The summed E-state index contributed by atoms with van der Waals surface area (Å²) < 4.78 is 24.7. The molecule has 0 aromatic rings. The summed E-state index contributed by atoms with van der Waals surface area (Å²) in [5.74, 6) is -2.86. The number of halogens is 2. The lowest BCUT2D eigenvalue weighted by atomic mass is 10.0. The highest BCUT2D eigenvalue weighted by atomic mass is 19.3. The van der Waals surface area contributed by atoms with Gasteiger partial charge in [-0.1, -0.05) is 12.2 Å². The highest BCUT2D eigenvalue weighted by molar-refractivity contribution is 5.75. The van der Waals surface area contributed by atoms with E-state index in [2.05, 4.69) is 0 Å². The SMILES string of the molecule is O=[C]C1=CC=CC(F)(F)C1. The van der Waals surface area contributed by atoms with Crippen molar-refractivity contribution >= 4 is 6.29 Å². The van der Waals surface area contributed by atoms with Gasteiger partial charge < -0.3 is 0 Å². The van der Waals surface area contributed by atoms with Gasteiger partial charge in [-0.2, -0.15) is 0 Å². The Morgan fingerprint density at radius 1 is 1.60 bits per heavy atom. The second-order valence-corrected chi connectivity index (χ2v) is 2.09. The van der Waals surface area contributed by atoms with Crippen LogP contribution in [-0.2, 0) is 4.79 Å². The summed E-state index contributed by atoms with van der Waals surface area (Å²) in [4.78, 5) is 9.89. The number of hydrogen-bond acceptors (Lipinski definition) is 1. The third-order valence-corrected chi connectivity index (χ3v) is 1.19. The first-order valence-corrected chi connectivity index (χ1v) is 2.78. The zero-order valence-corrected chi connectivity index (χ0v) is 5.10. The maximum Gasteiger partial charge on any atom is 0.270 e. The summed E-state index contributed by atoms with van der Waals surface area (Å²) in [6, 6.07) is 0. The normalized spacial score (nSPS) is 22.0. The highest BCUT2D eigenvalue weighted by Crippen LogP contribution is 2.26. The van der Waals surface area contributed by atoms with Crippen molar-refractivity contribution < 1.29 is 13.6 Å². The van der Waals surface area contributed by atoms with E-state index in [9.17, 15) is 13.6 Å². The van der Waals surface area contributed by atoms with Gasteiger partial charge in [0.05, 0.1) is 0 Å². The van der Waals surface area contributed by atoms with Gasteiger partial charge in [0.25, 0.3) is 5.92 Å². The molecular weight excluding hydrogens is 138 g/mol. The first-order chi connectivity index (χ1) is 4.64. The van der Waals surface area contributed by atoms with Crippen LogP contribution in [-0.4, -0.2) is 12.2 Å². The van der Waals surface area contributed by atoms with E-state index in [1.165, 1.54) is 18.4 Å². The minimum Gasteiger partial charge on any atom is -0.285 e. The summed E-state index contributed by atoms with van der Waals surface area (Å²) in [6.45, 7) is 0. The molecule has 1 rings (SSSR count). The Bertz CT molecular complexity index is 204. The molecule has 10 heavy (non-hydrogen) atoms. The van der Waals surface area contributed by atoms with Gasteiger partial charge in [-0.05, 0) is 6.08 Å². The van der Waals surface area contributed by atoms with Crippen molar-refractivity contribution in [1.82, 2.24) is 0 Å². The van der Waals surface area contributed by atoms with Crippen LogP contribution in [0, 0.1) is 0 Å². The smallest absolute Gasteiger partial charge is 0.270 e. The van der Waals surface area contributed by atoms with Crippen molar-refractivity contribution in [3.05, 3.63) is 23.8 Å². The topological polar surface area (TPSA) is 17.1 Å². The lowest BCUT2D eigenvalue weighted by molar-refractivity contribution is 0.0558. The van der Waals surface area contributed by atoms with Crippen LogP contribution in [0.4, 0.5) is 8.78 Å². The molecule has 0 spiro atoms. The molecule has 0 fully saturated rings. The molecule has 0 aromatic heterocycles. The minimum absolute atomic E-state index is 0.0208.